The van der Waals surface area contributed by atoms with Crippen molar-refractivity contribution in [3.05, 3.63) is 46.6 Å². The number of piperazine rings is 1. The predicted molar refractivity (Wildman–Crippen MR) is 94.2 cm³/mol. The van der Waals surface area contributed by atoms with Crippen LogP contribution in [-0.4, -0.2) is 48.9 Å². The average Bonchev–Trinajstić information content (AvgIpc) is 3.02. The third-order valence-corrected chi connectivity index (χ3v) is 4.93. The van der Waals surface area contributed by atoms with E-state index in [2.05, 4.69) is 27.9 Å². The Balaban J connectivity index is 1.57. The standard InChI is InChI=1S/C18H21BrN2O2/c1-20-10-12-21(13-11-20)18(22)9-7-14-6-8-17(23-14)15-4-2-3-5-16(15)19/h2-6,8H,7,9-13H2,1H3. The third-order valence-electron chi connectivity index (χ3n) is 4.24. The van der Waals surface area contributed by atoms with Crippen LogP contribution >= 0.6 is 15.9 Å². The lowest BCUT2D eigenvalue weighted by molar-refractivity contribution is -0.132. The number of aryl methyl sites for hydroxylation is 1. The van der Waals surface area contributed by atoms with Gasteiger partial charge in [-0.25, -0.2) is 0 Å². The summed E-state index contributed by atoms with van der Waals surface area (Å²) in [7, 11) is 2.09. The van der Waals surface area contributed by atoms with Gasteiger partial charge in [-0.05, 0) is 25.2 Å². The Labute approximate surface area is 145 Å². The molecule has 1 aliphatic rings. The smallest absolute Gasteiger partial charge is 0.223 e. The number of hydrogen-bond donors (Lipinski definition) is 0. The minimum absolute atomic E-state index is 0.219. The molecule has 0 radical (unpaired) electrons. The van der Waals surface area contributed by atoms with Gasteiger partial charge in [0.15, 0.2) is 0 Å². The van der Waals surface area contributed by atoms with E-state index in [0.717, 1.165) is 47.7 Å². The maximum Gasteiger partial charge on any atom is 0.223 e. The van der Waals surface area contributed by atoms with Gasteiger partial charge in [-0.3, -0.25) is 4.79 Å². The third kappa shape index (κ3) is 4.03. The summed E-state index contributed by atoms with van der Waals surface area (Å²) in [4.78, 5) is 16.5. The van der Waals surface area contributed by atoms with Gasteiger partial charge in [-0.15, -0.1) is 0 Å². The summed E-state index contributed by atoms with van der Waals surface area (Å²) in [6, 6.07) is 11.9. The van der Waals surface area contributed by atoms with Crippen LogP contribution in [0.2, 0.25) is 0 Å². The van der Waals surface area contributed by atoms with Crippen molar-refractivity contribution in [2.75, 3.05) is 33.2 Å². The van der Waals surface area contributed by atoms with Gasteiger partial charge in [0.2, 0.25) is 5.91 Å². The second-order valence-corrected chi connectivity index (χ2v) is 6.78. The Morgan fingerprint density at radius 2 is 1.87 bits per heavy atom. The van der Waals surface area contributed by atoms with Crippen LogP contribution in [0.1, 0.15) is 12.2 Å². The molecule has 0 spiro atoms. The van der Waals surface area contributed by atoms with E-state index < -0.39 is 0 Å². The van der Waals surface area contributed by atoms with Crippen molar-refractivity contribution in [3.8, 4) is 11.3 Å². The molecule has 0 unspecified atom stereocenters. The number of hydrogen-bond acceptors (Lipinski definition) is 3. The zero-order valence-electron chi connectivity index (χ0n) is 13.3. The quantitative estimate of drug-likeness (QED) is 0.820. The van der Waals surface area contributed by atoms with E-state index in [-0.39, 0.29) is 5.91 Å². The maximum atomic E-state index is 12.3. The molecular weight excluding hydrogens is 356 g/mol. The Hall–Kier alpha value is -1.59. The summed E-state index contributed by atoms with van der Waals surface area (Å²) in [5, 5.41) is 0. The lowest BCUT2D eigenvalue weighted by Crippen LogP contribution is -2.47. The minimum Gasteiger partial charge on any atom is -0.461 e. The molecule has 0 atom stereocenters. The predicted octanol–water partition coefficient (Wildman–Crippen LogP) is 3.42. The molecule has 0 saturated carbocycles. The molecule has 2 aromatic rings. The molecule has 0 aliphatic carbocycles. The lowest BCUT2D eigenvalue weighted by atomic mass is 10.2. The number of rotatable bonds is 4. The Morgan fingerprint density at radius 1 is 1.13 bits per heavy atom. The van der Waals surface area contributed by atoms with Crippen molar-refractivity contribution < 1.29 is 9.21 Å². The molecule has 1 amide bonds. The molecule has 1 aromatic carbocycles. The van der Waals surface area contributed by atoms with Crippen LogP contribution in [-0.2, 0) is 11.2 Å². The van der Waals surface area contributed by atoms with E-state index in [0.29, 0.717) is 12.8 Å². The topological polar surface area (TPSA) is 36.7 Å². The molecule has 5 heteroatoms. The molecule has 1 fully saturated rings. The van der Waals surface area contributed by atoms with Crippen molar-refractivity contribution in [1.82, 2.24) is 9.80 Å². The highest BCUT2D eigenvalue weighted by molar-refractivity contribution is 9.10. The van der Waals surface area contributed by atoms with Crippen molar-refractivity contribution in [1.29, 1.82) is 0 Å². The van der Waals surface area contributed by atoms with E-state index >= 15 is 0 Å². The molecule has 23 heavy (non-hydrogen) atoms. The average molecular weight is 377 g/mol. The van der Waals surface area contributed by atoms with Crippen LogP contribution in [0.15, 0.2) is 45.3 Å². The zero-order valence-corrected chi connectivity index (χ0v) is 14.9. The molecular formula is C18H21BrN2O2. The van der Waals surface area contributed by atoms with Crippen LogP contribution in [0.25, 0.3) is 11.3 Å². The first kappa shape index (κ1) is 16.3. The Morgan fingerprint density at radius 3 is 2.61 bits per heavy atom. The van der Waals surface area contributed by atoms with Gasteiger partial charge in [0.05, 0.1) is 0 Å². The van der Waals surface area contributed by atoms with Gasteiger partial charge < -0.3 is 14.2 Å². The molecule has 122 valence electrons. The van der Waals surface area contributed by atoms with Crippen molar-refractivity contribution in [3.63, 3.8) is 0 Å². The van der Waals surface area contributed by atoms with Gasteiger partial charge in [0.1, 0.15) is 11.5 Å². The van der Waals surface area contributed by atoms with Crippen molar-refractivity contribution in [2.45, 2.75) is 12.8 Å². The number of carbonyl (C=O) groups is 1. The summed E-state index contributed by atoms with van der Waals surface area (Å²) >= 11 is 3.54. The molecule has 4 nitrogen and oxygen atoms in total. The fraction of sp³-hybridized carbons (Fsp3) is 0.389. The van der Waals surface area contributed by atoms with Gasteiger partial charge in [-0.1, -0.05) is 34.1 Å². The second-order valence-electron chi connectivity index (χ2n) is 5.93. The van der Waals surface area contributed by atoms with E-state index in [1.54, 1.807) is 0 Å². The van der Waals surface area contributed by atoms with E-state index in [1.165, 1.54) is 0 Å². The number of amides is 1. The number of nitrogens with zero attached hydrogens (tertiary/aromatic N) is 2. The van der Waals surface area contributed by atoms with E-state index in [4.69, 9.17) is 4.42 Å². The largest absolute Gasteiger partial charge is 0.461 e. The second kappa shape index (κ2) is 7.32. The van der Waals surface area contributed by atoms with Gasteiger partial charge in [0, 0.05) is 49.1 Å². The monoisotopic (exact) mass is 376 g/mol. The molecule has 0 bridgehead atoms. The maximum absolute atomic E-state index is 12.3. The minimum atomic E-state index is 0.219. The van der Waals surface area contributed by atoms with Crippen LogP contribution in [0, 0.1) is 0 Å². The molecule has 0 N–H and O–H groups in total. The molecule has 1 saturated heterocycles. The van der Waals surface area contributed by atoms with Crippen molar-refractivity contribution in [2.24, 2.45) is 0 Å². The fourth-order valence-electron chi connectivity index (χ4n) is 2.76. The number of carbonyl (C=O) groups excluding carboxylic acids is 1. The van der Waals surface area contributed by atoms with Gasteiger partial charge in [-0.2, -0.15) is 0 Å². The summed E-state index contributed by atoms with van der Waals surface area (Å²) in [6.07, 6.45) is 1.16. The van der Waals surface area contributed by atoms with E-state index in [9.17, 15) is 4.79 Å². The highest BCUT2D eigenvalue weighted by atomic mass is 79.9. The molecule has 1 aromatic heterocycles. The first-order chi connectivity index (χ1) is 11.1. The van der Waals surface area contributed by atoms with Gasteiger partial charge in [0.25, 0.3) is 0 Å². The number of likely N-dealkylation sites (N-methyl/N-ethyl adjacent to an activating group) is 1. The number of halogens is 1. The summed E-state index contributed by atoms with van der Waals surface area (Å²) in [6.45, 7) is 3.57. The zero-order chi connectivity index (χ0) is 16.2. The highest BCUT2D eigenvalue weighted by Crippen LogP contribution is 2.29. The molecule has 3 rings (SSSR count). The number of furan rings is 1. The first-order valence-electron chi connectivity index (χ1n) is 7.93. The van der Waals surface area contributed by atoms with Crippen LogP contribution < -0.4 is 0 Å². The van der Waals surface area contributed by atoms with Crippen LogP contribution in [0.4, 0.5) is 0 Å². The normalized spacial score (nSPS) is 15.8. The Bertz CT molecular complexity index is 675. The fourth-order valence-corrected chi connectivity index (χ4v) is 3.24. The number of benzene rings is 1. The molecule has 1 aliphatic heterocycles. The summed E-state index contributed by atoms with van der Waals surface area (Å²) in [5.41, 5.74) is 1.03. The van der Waals surface area contributed by atoms with Crippen molar-refractivity contribution >= 4 is 21.8 Å². The molecule has 2 heterocycles. The first-order valence-corrected chi connectivity index (χ1v) is 8.73. The van der Waals surface area contributed by atoms with Gasteiger partial charge >= 0.3 is 0 Å². The highest BCUT2D eigenvalue weighted by Gasteiger charge is 2.19. The SMILES string of the molecule is CN1CCN(C(=O)CCc2ccc(-c3ccccc3Br)o2)CC1. The van der Waals surface area contributed by atoms with Crippen LogP contribution in [0.3, 0.4) is 0 Å². The summed E-state index contributed by atoms with van der Waals surface area (Å²) < 4.78 is 6.91. The van der Waals surface area contributed by atoms with E-state index in [1.807, 2.05) is 41.3 Å². The summed E-state index contributed by atoms with van der Waals surface area (Å²) in [5.74, 6) is 1.91. The lowest BCUT2D eigenvalue weighted by Gasteiger charge is -2.32. The Kier molecular flexibility index (Phi) is 5.18. The van der Waals surface area contributed by atoms with Crippen LogP contribution in [0.5, 0.6) is 0 Å².